The molecule has 0 aliphatic carbocycles. The predicted molar refractivity (Wildman–Crippen MR) is 82.9 cm³/mol. The summed E-state index contributed by atoms with van der Waals surface area (Å²) >= 11 is 0. The van der Waals surface area contributed by atoms with Crippen molar-refractivity contribution in [1.29, 1.82) is 0 Å². The minimum atomic E-state index is -0.762. The number of nitrogens with zero attached hydrogens (tertiary/aromatic N) is 1. The zero-order valence-corrected chi connectivity index (χ0v) is 13.0. The number of aliphatic carboxylic acids is 1. The summed E-state index contributed by atoms with van der Waals surface area (Å²) in [6.45, 7) is 2.22. The number of aliphatic hydroxyl groups excluding tert-OH is 1. The first kappa shape index (κ1) is 19.4. The van der Waals surface area contributed by atoms with Crippen LogP contribution in [0, 0.1) is 0 Å². The third-order valence-electron chi connectivity index (χ3n) is 2.97. The van der Waals surface area contributed by atoms with Crippen LogP contribution in [0.3, 0.4) is 0 Å². The van der Waals surface area contributed by atoms with Crippen LogP contribution in [0.5, 0.6) is 0 Å². The molecule has 0 aromatic heterocycles. The third kappa shape index (κ3) is 13.1. The topological polar surface area (TPSA) is 77.8 Å². The van der Waals surface area contributed by atoms with Crippen LogP contribution < -0.4 is 0 Å². The molecule has 0 bridgehead atoms. The van der Waals surface area contributed by atoms with E-state index in [2.05, 4.69) is 0 Å². The van der Waals surface area contributed by atoms with E-state index >= 15 is 0 Å². The molecule has 2 N–H and O–H groups in total. The second-order valence-corrected chi connectivity index (χ2v) is 5.14. The number of amides is 1. The maximum Gasteiger partial charge on any atom is 0.303 e. The van der Waals surface area contributed by atoms with Gasteiger partial charge in [0, 0.05) is 26.4 Å². The molecule has 21 heavy (non-hydrogen) atoms. The fourth-order valence-electron chi connectivity index (χ4n) is 1.72. The van der Waals surface area contributed by atoms with Crippen molar-refractivity contribution in [2.75, 3.05) is 13.6 Å². The Morgan fingerprint density at radius 3 is 2.29 bits per heavy atom. The molecule has 0 fully saturated rings. The van der Waals surface area contributed by atoms with Crippen LogP contribution in [0.1, 0.15) is 45.4 Å². The van der Waals surface area contributed by atoms with Crippen LogP contribution in [0.15, 0.2) is 24.3 Å². The minimum Gasteiger partial charge on any atom is -0.481 e. The Balaban J connectivity index is 3.68. The summed E-state index contributed by atoms with van der Waals surface area (Å²) < 4.78 is 0. The van der Waals surface area contributed by atoms with Gasteiger partial charge in [-0.25, -0.2) is 0 Å². The minimum absolute atomic E-state index is 0.0948. The summed E-state index contributed by atoms with van der Waals surface area (Å²) in [5, 5.41) is 17.5. The number of hydrogen-bond donors (Lipinski definition) is 2. The Bertz CT molecular complexity index is 361. The van der Waals surface area contributed by atoms with E-state index in [9.17, 15) is 9.59 Å². The van der Waals surface area contributed by atoms with Gasteiger partial charge in [0.25, 0.3) is 0 Å². The Morgan fingerprint density at radius 1 is 1.10 bits per heavy atom. The van der Waals surface area contributed by atoms with Crippen LogP contribution in [-0.4, -0.2) is 46.7 Å². The molecule has 1 unspecified atom stereocenters. The quantitative estimate of drug-likeness (QED) is 0.453. The summed E-state index contributed by atoms with van der Waals surface area (Å²) in [5.41, 5.74) is 0. The van der Waals surface area contributed by atoms with E-state index in [-0.39, 0.29) is 12.3 Å². The van der Waals surface area contributed by atoms with Crippen molar-refractivity contribution in [2.24, 2.45) is 0 Å². The van der Waals surface area contributed by atoms with Crippen molar-refractivity contribution in [3.05, 3.63) is 24.3 Å². The third-order valence-corrected chi connectivity index (χ3v) is 2.97. The van der Waals surface area contributed by atoms with Crippen LogP contribution >= 0.6 is 0 Å². The van der Waals surface area contributed by atoms with Gasteiger partial charge in [0.05, 0.1) is 6.10 Å². The molecule has 0 radical (unpaired) electrons. The van der Waals surface area contributed by atoms with Crippen LogP contribution in [0.2, 0.25) is 0 Å². The summed E-state index contributed by atoms with van der Waals surface area (Å²) in [6.07, 6.45) is 10.6. The Morgan fingerprint density at radius 2 is 1.71 bits per heavy atom. The zero-order valence-electron chi connectivity index (χ0n) is 13.0. The fraction of sp³-hybridized carbons (Fsp3) is 0.625. The molecule has 0 heterocycles. The molecular formula is C16H27NO4. The molecule has 5 nitrogen and oxygen atoms in total. The number of carbonyl (C=O) groups is 2. The van der Waals surface area contributed by atoms with Crippen molar-refractivity contribution in [1.82, 2.24) is 4.90 Å². The van der Waals surface area contributed by atoms with Crippen LogP contribution in [0.4, 0.5) is 0 Å². The molecule has 0 saturated heterocycles. The van der Waals surface area contributed by atoms with E-state index in [1.165, 1.54) is 0 Å². The van der Waals surface area contributed by atoms with Gasteiger partial charge >= 0.3 is 5.97 Å². The zero-order chi connectivity index (χ0) is 16.1. The maximum absolute atomic E-state index is 11.8. The molecule has 0 aromatic rings. The molecule has 1 atom stereocenters. The Kier molecular flexibility index (Phi) is 11.2. The number of carbonyl (C=O) groups excluding carboxylic acids is 1. The second-order valence-electron chi connectivity index (χ2n) is 5.14. The monoisotopic (exact) mass is 297 g/mol. The van der Waals surface area contributed by atoms with E-state index in [0.29, 0.717) is 19.4 Å². The number of carboxylic acid groups (broad SMARTS) is 1. The van der Waals surface area contributed by atoms with Crippen molar-refractivity contribution in [3.8, 4) is 0 Å². The summed E-state index contributed by atoms with van der Waals surface area (Å²) in [5.74, 6) is -0.667. The lowest BCUT2D eigenvalue weighted by atomic mass is 10.1. The summed E-state index contributed by atoms with van der Waals surface area (Å²) in [7, 11) is 1.76. The van der Waals surface area contributed by atoms with Crippen molar-refractivity contribution in [3.63, 3.8) is 0 Å². The largest absolute Gasteiger partial charge is 0.481 e. The number of rotatable bonds is 11. The smallest absolute Gasteiger partial charge is 0.303 e. The SMILES string of the molecule is CC(O)/C=C/C=C\CN(C)C(=O)CCCCCCC(=O)O. The van der Waals surface area contributed by atoms with Gasteiger partial charge < -0.3 is 15.1 Å². The molecule has 0 aliphatic heterocycles. The predicted octanol–water partition coefficient (Wildman–Crippen LogP) is 2.36. The van der Waals surface area contributed by atoms with Gasteiger partial charge in [-0.05, 0) is 19.8 Å². The maximum atomic E-state index is 11.8. The summed E-state index contributed by atoms with van der Waals surface area (Å²) in [6, 6.07) is 0. The van der Waals surface area contributed by atoms with E-state index < -0.39 is 12.1 Å². The second kappa shape index (κ2) is 12.1. The molecule has 0 aliphatic rings. The number of allylic oxidation sites excluding steroid dienone is 2. The van der Waals surface area contributed by atoms with Crippen molar-refractivity contribution < 1.29 is 19.8 Å². The number of hydrogen-bond acceptors (Lipinski definition) is 3. The number of carboxylic acids is 1. The van der Waals surface area contributed by atoms with E-state index in [1.54, 1.807) is 31.0 Å². The van der Waals surface area contributed by atoms with Gasteiger partial charge in [-0.2, -0.15) is 0 Å². The lowest BCUT2D eigenvalue weighted by molar-refractivity contribution is -0.137. The highest BCUT2D eigenvalue weighted by atomic mass is 16.4. The highest BCUT2D eigenvalue weighted by Crippen LogP contribution is 2.06. The first-order valence-electron chi connectivity index (χ1n) is 7.40. The normalized spacial score (nSPS) is 12.9. The van der Waals surface area contributed by atoms with Crippen LogP contribution in [0.25, 0.3) is 0 Å². The van der Waals surface area contributed by atoms with Crippen molar-refractivity contribution >= 4 is 11.9 Å². The van der Waals surface area contributed by atoms with Gasteiger partial charge in [0.1, 0.15) is 0 Å². The average Bonchev–Trinajstić information content (AvgIpc) is 2.41. The number of unbranched alkanes of at least 4 members (excludes halogenated alkanes) is 3. The highest BCUT2D eigenvalue weighted by molar-refractivity contribution is 5.75. The number of aliphatic hydroxyl groups is 1. The average molecular weight is 297 g/mol. The molecule has 0 rings (SSSR count). The Hall–Kier alpha value is -1.62. The lowest BCUT2D eigenvalue weighted by Gasteiger charge is -2.14. The van der Waals surface area contributed by atoms with E-state index in [1.807, 2.05) is 12.2 Å². The van der Waals surface area contributed by atoms with Gasteiger partial charge in [-0.1, -0.05) is 37.1 Å². The summed E-state index contributed by atoms with van der Waals surface area (Å²) in [4.78, 5) is 23.8. The molecule has 0 saturated carbocycles. The molecule has 0 aromatic carbocycles. The Labute approximate surface area is 127 Å². The molecular weight excluding hydrogens is 270 g/mol. The first-order chi connectivity index (χ1) is 9.93. The van der Waals surface area contributed by atoms with Gasteiger partial charge in [0.2, 0.25) is 5.91 Å². The van der Waals surface area contributed by atoms with E-state index in [4.69, 9.17) is 10.2 Å². The standard InChI is InChI=1S/C16H27NO4/c1-14(18)10-6-5-9-13-17(2)15(19)11-7-3-4-8-12-16(20)21/h5-6,9-10,14,18H,3-4,7-8,11-13H2,1-2H3,(H,20,21)/b9-5-,10-6+. The number of likely N-dealkylation sites (N-methyl/N-ethyl adjacent to an activating group) is 1. The highest BCUT2D eigenvalue weighted by Gasteiger charge is 2.06. The lowest BCUT2D eigenvalue weighted by Crippen LogP contribution is -2.26. The van der Waals surface area contributed by atoms with E-state index in [0.717, 1.165) is 19.3 Å². The van der Waals surface area contributed by atoms with Gasteiger partial charge in [-0.15, -0.1) is 0 Å². The molecule has 1 amide bonds. The first-order valence-corrected chi connectivity index (χ1v) is 7.40. The fourth-order valence-corrected chi connectivity index (χ4v) is 1.72. The molecule has 120 valence electrons. The molecule has 0 spiro atoms. The van der Waals surface area contributed by atoms with Crippen LogP contribution in [-0.2, 0) is 9.59 Å². The van der Waals surface area contributed by atoms with Gasteiger partial charge in [-0.3, -0.25) is 9.59 Å². The van der Waals surface area contributed by atoms with Crippen molar-refractivity contribution in [2.45, 2.75) is 51.6 Å². The van der Waals surface area contributed by atoms with Gasteiger partial charge in [0.15, 0.2) is 0 Å². The molecule has 5 heteroatoms.